The molecule has 0 unspecified atom stereocenters. The molecule has 152 valence electrons. The Kier molecular flexibility index (Phi) is 5.33. The summed E-state index contributed by atoms with van der Waals surface area (Å²) in [5, 5.41) is 10.5. The predicted octanol–water partition coefficient (Wildman–Crippen LogP) is 2.50. The smallest absolute Gasteiger partial charge is 0.245 e. The summed E-state index contributed by atoms with van der Waals surface area (Å²) >= 11 is 0. The molecule has 1 aliphatic rings. The van der Waals surface area contributed by atoms with Crippen LogP contribution in [-0.4, -0.2) is 42.0 Å². The highest BCUT2D eigenvalue weighted by Gasteiger charge is 2.35. The van der Waals surface area contributed by atoms with Crippen LogP contribution in [0.2, 0.25) is 0 Å². The summed E-state index contributed by atoms with van der Waals surface area (Å²) in [5.74, 6) is -0.540. The molecule has 1 N–H and O–H groups in total. The zero-order valence-corrected chi connectivity index (χ0v) is 16.8. The minimum Gasteiger partial charge on any atom is -0.349 e. The van der Waals surface area contributed by atoms with Crippen molar-refractivity contribution >= 4 is 27.0 Å². The number of nitrogens with one attached hydrogen (secondary N) is 1. The lowest BCUT2D eigenvalue weighted by molar-refractivity contribution is -0.126. The third-order valence-corrected chi connectivity index (χ3v) is 7.18. The van der Waals surface area contributed by atoms with Gasteiger partial charge in [0.1, 0.15) is 10.4 Å². The van der Waals surface area contributed by atoms with Crippen LogP contribution in [0.25, 0.3) is 11.0 Å². The van der Waals surface area contributed by atoms with Gasteiger partial charge in [0.2, 0.25) is 15.9 Å². The fourth-order valence-electron chi connectivity index (χ4n) is 3.66. The van der Waals surface area contributed by atoms with Crippen molar-refractivity contribution in [2.24, 2.45) is 5.92 Å². The van der Waals surface area contributed by atoms with Crippen LogP contribution in [0, 0.1) is 5.92 Å². The first kappa shape index (κ1) is 19.5. The Bertz CT molecular complexity index is 1110. The molecule has 1 fully saturated rings. The average molecular weight is 414 g/mol. The first-order valence-corrected chi connectivity index (χ1v) is 11.0. The van der Waals surface area contributed by atoms with E-state index in [0.717, 1.165) is 5.56 Å². The third kappa shape index (κ3) is 3.88. The number of sulfonamides is 1. The second-order valence-electron chi connectivity index (χ2n) is 7.23. The molecule has 4 rings (SSSR count). The number of rotatable bonds is 5. The maximum absolute atomic E-state index is 13.2. The molecule has 1 aromatic heterocycles. The van der Waals surface area contributed by atoms with Crippen molar-refractivity contribution in [1.29, 1.82) is 0 Å². The van der Waals surface area contributed by atoms with Crippen LogP contribution in [0.1, 0.15) is 31.4 Å². The number of hydrogen-bond donors (Lipinski definition) is 1. The minimum atomic E-state index is -3.81. The highest BCUT2D eigenvalue weighted by molar-refractivity contribution is 7.89. The van der Waals surface area contributed by atoms with Crippen molar-refractivity contribution in [1.82, 2.24) is 19.9 Å². The zero-order chi connectivity index (χ0) is 20.4. The van der Waals surface area contributed by atoms with E-state index in [1.54, 1.807) is 12.1 Å². The number of hydrogen-bond acceptors (Lipinski definition) is 6. The first-order chi connectivity index (χ1) is 14.0. The SMILES string of the molecule is C[C@@H](NC(=O)[C@@H]1CCCN(S(=O)(=O)c2cccc3nonc23)C1)c1ccccc1. The van der Waals surface area contributed by atoms with Crippen molar-refractivity contribution in [3.8, 4) is 0 Å². The molecule has 2 heterocycles. The fourth-order valence-corrected chi connectivity index (χ4v) is 5.32. The summed E-state index contributed by atoms with van der Waals surface area (Å²) in [6.07, 6.45) is 1.26. The number of amides is 1. The molecule has 3 aromatic rings. The number of aromatic nitrogens is 2. The molecule has 8 nitrogen and oxygen atoms in total. The summed E-state index contributed by atoms with van der Waals surface area (Å²) in [4.78, 5) is 12.8. The molecule has 1 aliphatic heterocycles. The van der Waals surface area contributed by atoms with Gasteiger partial charge < -0.3 is 5.32 Å². The average Bonchev–Trinajstić information content (AvgIpc) is 3.23. The predicted molar refractivity (Wildman–Crippen MR) is 106 cm³/mol. The van der Waals surface area contributed by atoms with E-state index in [1.165, 1.54) is 10.4 Å². The van der Waals surface area contributed by atoms with Crippen molar-refractivity contribution in [2.75, 3.05) is 13.1 Å². The summed E-state index contributed by atoms with van der Waals surface area (Å²) in [6, 6.07) is 14.3. The molecule has 0 bridgehead atoms. The molecule has 29 heavy (non-hydrogen) atoms. The monoisotopic (exact) mass is 414 g/mol. The number of carbonyl (C=O) groups is 1. The van der Waals surface area contributed by atoms with Gasteiger partial charge in [0.25, 0.3) is 0 Å². The molecule has 1 amide bonds. The van der Waals surface area contributed by atoms with Gasteiger partial charge in [0, 0.05) is 13.1 Å². The van der Waals surface area contributed by atoms with Crippen molar-refractivity contribution in [2.45, 2.75) is 30.7 Å². The van der Waals surface area contributed by atoms with Gasteiger partial charge in [-0.25, -0.2) is 13.0 Å². The molecular formula is C20H22N4O4S. The summed E-state index contributed by atoms with van der Waals surface area (Å²) in [6.45, 7) is 2.42. The van der Waals surface area contributed by atoms with Crippen LogP contribution in [0.5, 0.6) is 0 Å². The van der Waals surface area contributed by atoms with E-state index in [4.69, 9.17) is 0 Å². The second kappa shape index (κ2) is 7.92. The maximum atomic E-state index is 13.2. The minimum absolute atomic E-state index is 0.0509. The number of nitrogens with zero attached hydrogens (tertiary/aromatic N) is 3. The molecule has 2 atom stereocenters. The number of benzene rings is 2. The van der Waals surface area contributed by atoms with Crippen LogP contribution < -0.4 is 5.32 Å². The first-order valence-electron chi connectivity index (χ1n) is 9.53. The number of carbonyl (C=O) groups excluding carboxylic acids is 1. The fraction of sp³-hybridized carbons (Fsp3) is 0.350. The second-order valence-corrected chi connectivity index (χ2v) is 9.14. The Balaban J connectivity index is 1.50. The Morgan fingerprint density at radius 2 is 1.97 bits per heavy atom. The Labute approximate surface area is 168 Å². The topological polar surface area (TPSA) is 105 Å². The molecule has 0 aliphatic carbocycles. The number of fused-ring (bicyclic) bond motifs is 1. The van der Waals surface area contributed by atoms with Crippen LogP contribution in [0.3, 0.4) is 0 Å². The molecule has 0 radical (unpaired) electrons. The quantitative estimate of drug-likeness (QED) is 0.688. The van der Waals surface area contributed by atoms with Crippen molar-refractivity contribution < 1.29 is 17.8 Å². The van der Waals surface area contributed by atoms with Gasteiger partial charge in [-0.1, -0.05) is 36.4 Å². The highest BCUT2D eigenvalue weighted by atomic mass is 32.2. The molecule has 0 spiro atoms. The van der Waals surface area contributed by atoms with Crippen LogP contribution in [0.4, 0.5) is 0 Å². The Morgan fingerprint density at radius 1 is 1.17 bits per heavy atom. The van der Waals surface area contributed by atoms with E-state index in [0.29, 0.717) is 24.9 Å². The van der Waals surface area contributed by atoms with E-state index in [-0.39, 0.29) is 28.9 Å². The lowest BCUT2D eigenvalue weighted by Gasteiger charge is -2.31. The van der Waals surface area contributed by atoms with Gasteiger partial charge in [-0.2, -0.15) is 4.31 Å². The molecule has 9 heteroatoms. The Morgan fingerprint density at radius 3 is 2.76 bits per heavy atom. The van der Waals surface area contributed by atoms with Crippen molar-refractivity contribution in [3.05, 3.63) is 54.1 Å². The summed E-state index contributed by atoms with van der Waals surface area (Å²) in [5.41, 5.74) is 1.59. The maximum Gasteiger partial charge on any atom is 0.245 e. The van der Waals surface area contributed by atoms with Crippen LogP contribution in [-0.2, 0) is 14.8 Å². The standard InChI is InChI=1S/C20H22N4O4S/c1-14(15-7-3-2-4-8-15)21-20(25)16-9-6-12-24(13-16)29(26,27)18-11-5-10-17-19(18)23-28-22-17/h2-5,7-8,10-11,14,16H,6,9,12-13H2,1H3,(H,21,25)/t14-,16-/m1/s1. The lowest BCUT2D eigenvalue weighted by atomic mass is 9.98. The normalized spacial score (nSPS) is 19.1. The van der Waals surface area contributed by atoms with Gasteiger partial charge in [0.05, 0.1) is 12.0 Å². The third-order valence-electron chi connectivity index (χ3n) is 5.28. The number of piperidine rings is 1. The van der Waals surface area contributed by atoms with E-state index in [2.05, 4.69) is 20.3 Å². The van der Waals surface area contributed by atoms with Gasteiger partial charge >= 0.3 is 0 Å². The van der Waals surface area contributed by atoms with E-state index < -0.39 is 15.9 Å². The largest absolute Gasteiger partial charge is 0.349 e. The van der Waals surface area contributed by atoms with Gasteiger partial charge in [-0.05, 0) is 47.8 Å². The molecule has 0 saturated carbocycles. The summed E-state index contributed by atoms with van der Waals surface area (Å²) < 4.78 is 32.4. The Hall–Kier alpha value is -2.78. The van der Waals surface area contributed by atoms with Crippen LogP contribution >= 0.6 is 0 Å². The summed E-state index contributed by atoms with van der Waals surface area (Å²) in [7, 11) is -3.81. The van der Waals surface area contributed by atoms with E-state index >= 15 is 0 Å². The van der Waals surface area contributed by atoms with Gasteiger partial charge in [0.15, 0.2) is 5.52 Å². The molecular weight excluding hydrogens is 392 g/mol. The highest BCUT2D eigenvalue weighted by Crippen LogP contribution is 2.28. The van der Waals surface area contributed by atoms with Crippen molar-refractivity contribution in [3.63, 3.8) is 0 Å². The van der Waals surface area contributed by atoms with Gasteiger partial charge in [-0.15, -0.1) is 0 Å². The van der Waals surface area contributed by atoms with Gasteiger partial charge in [-0.3, -0.25) is 4.79 Å². The van der Waals surface area contributed by atoms with Crippen LogP contribution in [0.15, 0.2) is 58.1 Å². The van der Waals surface area contributed by atoms with E-state index in [9.17, 15) is 13.2 Å². The zero-order valence-electron chi connectivity index (χ0n) is 16.0. The van der Waals surface area contributed by atoms with E-state index in [1.807, 2.05) is 37.3 Å². The molecule has 1 saturated heterocycles. The molecule has 2 aromatic carbocycles. The lowest BCUT2D eigenvalue weighted by Crippen LogP contribution is -2.45.